The number of aromatic nitrogens is 2. The minimum Gasteiger partial charge on any atom is -0.439 e. The molecule has 2 heterocycles. The molecule has 3 N–H and O–H groups in total. The van der Waals surface area contributed by atoms with Gasteiger partial charge in [0.05, 0.1) is 16.2 Å². The summed E-state index contributed by atoms with van der Waals surface area (Å²) in [5, 5.41) is 0. The fourth-order valence-electron chi connectivity index (χ4n) is 5.40. The molecule has 0 unspecified atom stereocenters. The van der Waals surface area contributed by atoms with Crippen LogP contribution in [0.3, 0.4) is 0 Å². The van der Waals surface area contributed by atoms with Gasteiger partial charge < -0.3 is 15.4 Å². The molecule has 8 nitrogen and oxygen atoms in total. The van der Waals surface area contributed by atoms with E-state index in [0.717, 1.165) is 24.7 Å². The van der Waals surface area contributed by atoms with Crippen molar-refractivity contribution in [3.8, 4) is 22.9 Å². The Kier molecular flexibility index (Phi) is 8.85. The van der Waals surface area contributed by atoms with Crippen LogP contribution in [0.4, 0.5) is 24.8 Å². The van der Waals surface area contributed by atoms with Crippen molar-refractivity contribution in [3.05, 3.63) is 89.5 Å². The number of benzene rings is 3. The minimum absolute atomic E-state index is 0.0829. The summed E-state index contributed by atoms with van der Waals surface area (Å²) in [5.74, 6) is -0.639. The predicted molar refractivity (Wildman–Crippen MR) is 164 cm³/mol. The van der Waals surface area contributed by atoms with Crippen LogP contribution < -0.4 is 15.2 Å². The normalized spacial score (nSPS) is 15.0. The first-order valence-corrected chi connectivity index (χ1v) is 15.7. The standard InChI is InChI=1S/C32H34F3N5O3S/c1-20(2)25-9-4-5-10-27(25)29-19-30(38-31(37-29)39-44(41,42)24-8-6-7-22(36)17-24)43-23-11-12-26(28(18-23)32(33,34)35)21-13-15-40(3)16-14-21/h4-12,17-21H,13-16,36H2,1-3H3,(H,37,38,39). The summed E-state index contributed by atoms with van der Waals surface area (Å²) in [7, 11) is -2.21. The number of ether oxygens (including phenoxy) is 1. The topological polar surface area (TPSA) is 110 Å². The molecule has 12 heteroatoms. The SMILES string of the molecule is CC(C)c1ccccc1-c1cc(Oc2ccc(C3CCN(C)CC3)c(C(F)(F)F)c2)nc(NS(=O)(=O)c2cccc(N)c2)n1. The van der Waals surface area contributed by atoms with Crippen LogP contribution in [0.15, 0.2) is 77.7 Å². The lowest BCUT2D eigenvalue weighted by atomic mass is 9.86. The average Bonchev–Trinajstić information content (AvgIpc) is 2.97. The number of hydrogen-bond donors (Lipinski definition) is 2. The number of sulfonamides is 1. The van der Waals surface area contributed by atoms with Crippen molar-refractivity contribution in [3.63, 3.8) is 0 Å². The molecule has 0 bridgehead atoms. The zero-order chi connectivity index (χ0) is 31.6. The summed E-state index contributed by atoms with van der Waals surface area (Å²) in [6.45, 7) is 5.45. The number of hydrogen-bond acceptors (Lipinski definition) is 7. The molecule has 1 aliphatic rings. The van der Waals surface area contributed by atoms with E-state index < -0.39 is 21.8 Å². The first kappa shape index (κ1) is 31.3. The third kappa shape index (κ3) is 7.13. The van der Waals surface area contributed by atoms with Gasteiger partial charge >= 0.3 is 6.18 Å². The summed E-state index contributed by atoms with van der Waals surface area (Å²) in [5.41, 5.74) is 7.49. The van der Waals surface area contributed by atoms with Gasteiger partial charge in [-0.25, -0.2) is 18.1 Å². The first-order valence-electron chi connectivity index (χ1n) is 14.2. The highest BCUT2D eigenvalue weighted by Gasteiger charge is 2.36. The molecule has 44 heavy (non-hydrogen) atoms. The number of nitrogen functional groups attached to an aromatic ring is 1. The number of alkyl halides is 3. The van der Waals surface area contributed by atoms with Gasteiger partial charge in [0, 0.05) is 17.3 Å². The van der Waals surface area contributed by atoms with Crippen molar-refractivity contribution in [2.24, 2.45) is 0 Å². The Morgan fingerprint density at radius 1 is 0.977 bits per heavy atom. The molecule has 0 amide bonds. The Bertz CT molecular complexity index is 1750. The fraction of sp³-hybridized carbons (Fsp3) is 0.312. The Labute approximate surface area is 255 Å². The molecule has 232 valence electrons. The van der Waals surface area contributed by atoms with Crippen LogP contribution in [-0.4, -0.2) is 43.4 Å². The maximum absolute atomic E-state index is 14.3. The number of anilines is 2. The van der Waals surface area contributed by atoms with E-state index in [2.05, 4.69) is 19.6 Å². The van der Waals surface area contributed by atoms with Gasteiger partial charge in [-0.1, -0.05) is 50.2 Å². The van der Waals surface area contributed by atoms with Gasteiger partial charge in [-0.15, -0.1) is 0 Å². The molecule has 3 aromatic carbocycles. The van der Waals surface area contributed by atoms with E-state index in [4.69, 9.17) is 10.5 Å². The summed E-state index contributed by atoms with van der Waals surface area (Å²) in [4.78, 5) is 10.7. The van der Waals surface area contributed by atoms with Crippen LogP contribution >= 0.6 is 0 Å². The number of rotatable bonds is 8. The zero-order valence-corrected chi connectivity index (χ0v) is 25.4. The number of likely N-dealkylation sites (tertiary alicyclic amines) is 1. The van der Waals surface area contributed by atoms with Crippen molar-refractivity contribution < 1.29 is 26.3 Å². The number of halogens is 3. The Hall–Kier alpha value is -4.16. The van der Waals surface area contributed by atoms with E-state index >= 15 is 0 Å². The van der Waals surface area contributed by atoms with Crippen LogP contribution in [0.1, 0.15) is 55.2 Å². The largest absolute Gasteiger partial charge is 0.439 e. The molecule has 4 aromatic rings. The number of nitrogens with two attached hydrogens (primary N) is 1. The van der Waals surface area contributed by atoms with E-state index in [0.29, 0.717) is 24.1 Å². The second-order valence-corrected chi connectivity index (χ2v) is 12.9. The summed E-state index contributed by atoms with van der Waals surface area (Å²) in [6.07, 6.45) is -3.34. The van der Waals surface area contributed by atoms with Crippen molar-refractivity contribution in [1.29, 1.82) is 0 Å². The highest BCUT2D eigenvalue weighted by molar-refractivity contribution is 7.92. The van der Waals surface area contributed by atoms with Crippen LogP contribution in [0.25, 0.3) is 11.3 Å². The predicted octanol–water partition coefficient (Wildman–Crippen LogP) is 7.27. The molecule has 1 aromatic heterocycles. The van der Waals surface area contributed by atoms with Gasteiger partial charge in [0.15, 0.2) is 0 Å². The van der Waals surface area contributed by atoms with Gasteiger partial charge in [0.25, 0.3) is 10.0 Å². The van der Waals surface area contributed by atoms with E-state index in [1.54, 1.807) is 6.07 Å². The number of nitrogens with one attached hydrogen (secondary N) is 1. The second-order valence-electron chi connectivity index (χ2n) is 11.3. The lowest BCUT2D eigenvalue weighted by Crippen LogP contribution is -2.30. The van der Waals surface area contributed by atoms with Crippen molar-refractivity contribution >= 4 is 21.7 Å². The molecule has 0 spiro atoms. The molecule has 1 aliphatic heterocycles. The molecule has 0 atom stereocenters. The maximum Gasteiger partial charge on any atom is 0.416 e. The molecule has 0 radical (unpaired) electrons. The monoisotopic (exact) mass is 625 g/mol. The number of piperidine rings is 1. The Balaban J connectivity index is 1.56. The van der Waals surface area contributed by atoms with E-state index in [1.807, 2.05) is 45.2 Å². The maximum atomic E-state index is 14.3. The van der Waals surface area contributed by atoms with Crippen molar-refractivity contribution in [2.45, 2.75) is 49.6 Å². The minimum atomic E-state index is -4.59. The third-order valence-electron chi connectivity index (χ3n) is 7.67. The van der Waals surface area contributed by atoms with Crippen LogP contribution in [0, 0.1) is 0 Å². The molecule has 0 aliphatic carbocycles. The summed E-state index contributed by atoms with van der Waals surface area (Å²) < 4.78 is 77.5. The Morgan fingerprint density at radius 3 is 2.39 bits per heavy atom. The second kappa shape index (κ2) is 12.4. The van der Waals surface area contributed by atoms with E-state index in [-0.39, 0.29) is 45.6 Å². The fourth-order valence-corrected chi connectivity index (χ4v) is 6.39. The highest BCUT2D eigenvalue weighted by Crippen LogP contribution is 2.41. The smallest absolute Gasteiger partial charge is 0.416 e. The lowest BCUT2D eigenvalue weighted by molar-refractivity contribution is -0.138. The molecule has 1 saturated heterocycles. The summed E-state index contributed by atoms with van der Waals surface area (Å²) in [6, 6.07) is 18.6. The highest BCUT2D eigenvalue weighted by atomic mass is 32.2. The van der Waals surface area contributed by atoms with Crippen molar-refractivity contribution in [1.82, 2.24) is 14.9 Å². The summed E-state index contributed by atoms with van der Waals surface area (Å²) >= 11 is 0. The van der Waals surface area contributed by atoms with E-state index in [9.17, 15) is 21.6 Å². The van der Waals surface area contributed by atoms with Gasteiger partial charge in [-0.2, -0.15) is 18.2 Å². The van der Waals surface area contributed by atoms with Gasteiger partial charge in [0.2, 0.25) is 11.8 Å². The van der Waals surface area contributed by atoms with Gasteiger partial charge in [-0.3, -0.25) is 0 Å². The van der Waals surface area contributed by atoms with Gasteiger partial charge in [0.1, 0.15) is 5.75 Å². The zero-order valence-electron chi connectivity index (χ0n) is 24.6. The lowest BCUT2D eigenvalue weighted by Gasteiger charge is -2.30. The third-order valence-corrected chi connectivity index (χ3v) is 8.99. The molecule has 1 fully saturated rings. The van der Waals surface area contributed by atoms with Crippen molar-refractivity contribution in [2.75, 3.05) is 30.6 Å². The van der Waals surface area contributed by atoms with Crippen LogP contribution in [0.5, 0.6) is 11.6 Å². The molecule has 5 rings (SSSR count). The average molecular weight is 626 g/mol. The van der Waals surface area contributed by atoms with Crippen LogP contribution in [-0.2, 0) is 16.2 Å². The van der Waals surface area contributed by atoms with Gasteiger partial charge in [-0.05, 0) is 86.3 Å². The van der Waals surface area contributed by atoms with Crippen LogP contribution in [0.2, 0.25) is 0 Å². The Morgan fingerprint density at radius 2 is 1.70 bits per heavy atom. The molecular formula is C32H34F3N5O3S. The van der Waals surface area contributed by atoms with E-state index in [1.165, 1.54) is 36.4 Å². The number of nitrogens with zero attached hydrogens (tertiary/aromatic N) is 3. The molecular weight excluding hydrogens is 591 g/mol. The quantitative estimate of drug-likeness (QED) is 0.198. The first-order chi connectivity index (χ1) is 20.8. The molecule has 0 saturated carbocycles.